The van der Waals surface area contributed by atoms with Gasteiger partial charge in [0.15, 0.2) is 0 Å². The number of rotatable bonds is 1. The molecule has 0 aromatic carbocycles. The van der Waals surface area contributed by atoms with Crippen molar-refractivity contribution in [2.45, 2.75) is 32.1 Å². The molecule has 0 bridgehead atoms. The molecule has 13 heavy (non-hydrogen) atoms. The van der Waals surface area contributed by atoms with E-state index in [4.69, 9.17) is 8.37 Å². The number of hydrogen-bond acceptors (Lipinski definition) is 5. The molecule has 1 spiro atoms. The summed E-state index contributed by atoms with van der Waals surface area (Å²) < 4.78 is 31.2. The quantitative estimate of drug-likeness (QED) is 0.624. The third-order valence-electron chi connectivity index (χ3n) is 2.50. The van der Waals surface area contributed by atoms with Gasteiger partial charge in [-0.1, -0.05) is 6.92 Å². The van der Waals surface area contributed by atoms with E-state index in [-0.39, 0.29) is 0 Å². The lowest BCUT2D eigenvalue weighted by molar-refractivity contribution is -0.293. The van der Waals surface area contributed by atoms with Crippen LogP contribution >= 0.6 is 0 Å². The molecule has 5 nitrogen and oxygen atoms in total. The third kappa shape index (κ3) is 1.48. The SMILES string of the molecule is CCN1CCCCC12OS(=O)(=O)O2. The molecule has 0 unspecified atom stereocenters. The van der Waals surface area contributed by atoms with E-state index in [9.17, 15) is 8.42 Å². The third-order valence-corrected chi connectivity index (χ3v) is 3.43. The van der Waals surface area contributed by atoms with Crippen molar-refractivity contribution in [3.63, 3.8) is 0 Å². The van der Waals surface area contributed by atoms with Gasteiger partial charge in [-0.3, -0.25) is 4.90 Å². The normalized spacial score (nSPS) is 31.5. The Morgan fingerprint density at radius 3 is 2.62 bits per heavy atom. The first-order valence-electron chi connectivity index (χ1n) is 4.49. The van der Waals surface area contributed by atoms with Gasteiger partial charge >= 0.3 is 10.4 Å². The van der Waals surface area contributed by atoms with Crippen LogP contribution in [-0.4, -0.2) is 32.3 Å². The van der Waals surface area contributed by atoms with Crippen LogP contribution in [0.2, 0.25) is 0 Å². The van der Waals surface area contributed by atoms with Gasteiger partial charge in [0.25, 0.3) is 5.91 Å². The van der Waals surface area contributed by atoms with Crippen molar-refractivity contribution in [2.24, 2.45) is 0 Å². The Morgan fingerprint density at radius 1 is 1.38 bits per heavy atom. The minimum absolute atomic E-state index is 0.639. The highest BCUT2D eigenvalue weighted by molar-refractivity contribution is 7.82. The Hall–Kier alpha value is -0.170. The van der Waals surface area contributed by atoms with Gasteiger partial charge in [0.1, 0.15) is 0 Å². The van der Waals surface area contributed by atoms with E-state index in [1.165, 1.54) is 0 Å². The molecular formula is C7H13NO4S. The molecule has 2 aliphatic heterocycles. The molecule has 2 aliphatic rings. The van der Waals surface area contributed by atoms with Crippen LogP contribution in [0.3, 0.4) is 0 Å². The van der Waals surface area contributed by atoms with E-state index in [2.05, 4.69) is 0 Å². The smallest absolute Gasteiger partial charge is 0.251 e. The van der Waals surface area contributed by atoms with Gasteiger partial charge in [-0.2, -0.15) is 16.8 Å². The zero-order valence-corrected chi connectivity index (χ0v) is 8.34. The van der Waals surface area contributed by atoms with Gasteiger partial charge < -0.3 is 0 Å². The summed E-state index contributed by atoms with van der Waals surface area (Å²) in [6.07, 6.45) is 2.66. The first kappa shape index (κ1) is 9.39. The molecule has 0 aliphatic carbocycles. The van der Waals surface area contributed by atoms with Crippen molar-refractivity contribution < 1.29 is 16.8 Å². The van der Waals surface area contributed by atoms with Gasteiger partial charge in [-0.15, -0.1) is 0 Å². The lowest BCUT2D eigenvalue weighted by atomic mass is 10.1. The van der Waals surface area contributed by atoms with Crippen molar-refractivity contribution in [3.05, 3.63) is 0 Å². The lowest BCUT2D eigenvalue weighted by Gasteiger charge is -2.48. The zero-order chi connectivity index (χ0) is 9.53. The summed E-state index contributed by atoms with van der Waals surface area (Å²) in [5, 5.41) is 0. The van der Waals surface area contributed by atoms with Crippen LogP contribution in [0.4, 0.5) is 0 Å². The van der Waals surface area contributed by atoms with Crippen LogP contribution in [0.5, 0.6) is 0 Å². The van der Waals surface area contributed by atoms with Gasteiger partial charge in [0.2, 0.25) is 0 Å². The van der Waals surface area contributed by atoms with Crippen molar-refractivity contribution >= 4 is 10.4 Å². The van der Waals surface area contributed by atoms with Crippen LogP contribution in [0, 0.1) is 0 Å². The van der Waals surface area contributed by atoms with E-state index < -0.39 is 16.3 Å². The molecule has 0 atom stereocenters. The molecule has 2 rings (SSSR count). The summed E-state index contributed by atoms with van der Waals surface area (Å²) in [7, 11) is -3.67. The zero-order valence-electron chi connectivity index (χ0n) is 7.52. The maximum Gasteiger partial charge on any atom is 0.407 e. The molecule has 6 heteroatoms. The van der Waals surface area contributed by atoms with Crippen molar-refractivity contribution in [3.8, 4) is 0 Å². The molecule has 2 fully saturated rings. The van der Waals surface area contributed by atoms with Crippen LogP contribution in [0.25, 0.3) is 0 Å². The van der Waals surface area contributed by atoms with Crippen LogP contribution in [0.1, 0.15) is 26.2 Å². The summed E-state index contributed by atoms with van der Waals surface area (Å²) in [6.45, 7) is 3.55. The van der Waals surface area contributed by atoms with E-state index in [1.54, 1.807) is 0 Å². The average molecular weight is 207 g/mol. The summed E-state index contributed by atoms with van der Waals surface area (Å²) in [6, 6.07) is 0. The largest absolute Gasteiger partial charge is 0.407 e. The minimum atomic E-state index is -3.67. The van der Waals surface area contributed by atoms with E-state index in [1.807, 2.05) is 11.8 Å². The molecular weight excluding hydrogens is 194 g/mol. The first-order chi connectivity index (χ1) is 6.08. The first-order valence-corrected chi connectivity index (χ1v) is 5.82. The van der Waals surface area contributed by atoms with Gasteiger partial charge in [0, 0.05) is 19.5 Å². The van der Waals surface area contributed by atoms with Crippen molar-refractivity contribution in [1.82, 2.24) is 4.90 Å². The van der Waals surface area contributed by atoms with Crippen LogP contribution in [0.15, 0.2) is 0 Å². The topological polar surface area (TPSA) is 55.8 Å². The Morgan fingerprint density at radius 2 is 2.08 bits per heavy atom. The number of piperidine rings is 1. The fraction of sp³-hybridized carbons (Fsp3) is 1.00. The molecule has 0 saturated carbocycles. The van der Waals surface area contributed by atoms with Gasteiger partial charge in [-0.25, -0.2) is 0 Å². The summed E-state index contributed by atoms with van der Waals surface area (Å²) in [4.78, 5) is 1.91. The standard InChI is InChI=1S/C7H13NO4S/c1-2-8-6-4-3-5-7(8)11-13(9,10)12-7/h2-6H2,1H3. The molecule has 76 valence electrons. The highest BCUT2D eigenvalue weighted by Crippen LogP contribution is 2.40. The van der Waals surface area contributed by atoms with Crippen molar-refractivity contribution in [2.75, 3.05) is 13.1 Å². The van der Waals surface area contributed by atoms with Crippen LogP contribution in [-0.2, 0) is 18.8 Å². The van der Waals surface area contributed by atoms with Gasteiger partial charge in [0.05, 0.1) is 0 Å². The lowest BCUT2D eigenvalue weighted by Crippen LogP contribution is -2.63. The summed E-state index contributed by atoms with van der Waals surface area (Å²) in [5.41, 5.74) is 0. The molecule has 0 aromatic heterocycles. The second-order valence-electron chi connectivity index (χ2n) is 3.32. The predicted octanol–water partition coefficient (Wildman–Crippen LogP) is 0.438. The molecule has 0 amide bonds. The molecule has 2 saturated heterocycles. The van der Waals surface area contributed by atoms with E-state index >= 15 is 0 Å². The molecule has 0 aromatic rings. The Balaban J connectivity index is 2.13. The highest BCUT2D eigenvalue weighted by Gasteiger charge is 2.56. The van der Waals surface area contributed by atoms with E-state index in [0.29, 0.717) is 6.42 Å². The monoisotopic (exact) mass is 207 g/mol. The number of likely N-dealkylation sites (tertiary alicyclic amines) is 1. The summed E-state index contributed by atoms with van der Waals surface area (Å²) >= 11 is 0. The fourth-order valence-corrected chi connectivity index (χ4v) is 2.92. The average Bonchev–Trinajstić information content (AvgIpc) is 2.02. The minimum Gasteiger partial charge on any atom is -0.251 e. The predicted molar refractivity (Wildman–Crippen MR) is 44.9 cm³/mol. The second kappa shape index (κ2) is 2.91. The maximum absolute atomic E-state index is 10.8. The van der Waals surface area contributed by atoms with E-state index in [0.717, 1.165) is 25.9 Å². The number of nitrogens with zero attached hydrogens (tertiary/aromatic N) is 1. The fourth-order valence-electron chi connectivity index (χ4n) is 1.89. The second-order valence-corrected chi connectivity index (χ2v) is 4.47. The Bertz CT molecular complexity index is 288. The number of hydrogen-bond donors (Lipinski definition) is 0. The van der Waals surface area contributed by atoms with Crippen LogP contribution < -0.4 is 0 Å². The van der Waals surface area contributed by atoms with Gasteiger partial charge in [-0.05, 0) is 12.8 Å². The molecule has 0 radical (unpaired) electrons. The highest BCUT2D eigenvalue weighted by atomic mass is 32.3. The Kier molecular flexibility index (Phi) is 2.10. The summed E-state index contributed by atoms with van der Waals surface area (Å²) in [5.74, 6) is -0.953. The maximum atomic E-state index is 10.8. The Labute approximate surface area is 77.9 Å². The molecule has 2 heterocycles. The molecule has 0 N–H and O–H groups in total. The van der Waals surface area contributed by atoms with Crippen molar-refractivity contribution in [1.29, 1.82) is 0 Å².